The lowest BCUT2D eigenvalue weighted by atomic mass is 10.3. The number of rotatable bonds is 4. The fraction of sp³-hybridized carbons (Fsp3) is 0.0833. The summed E-state index contributed by atoms with van der Waals surface area (Å²) in [6.07, 6.45) is 2.88. The molecule has 9 nitrogen and oxygen atoms in total. The highest BCUT2D eigenvalue weighted by molar-refractivity contribution is 6.01. The van der Waals surface area contributed by atoms with Crippen molar-refractivity contribution in [1.82, 2.24) is 29.9 Å². The first-order valence-electron chi connectivity index (χ1n) is 5.99. The number of amides is 1. The van der Waals surface area contributed by atoms with Crippen molar-refractivity contribution >= 4 is 11.6 Å². The number of hydrogen-bond donors (Lipinski definition) is 2. The molecule has 0 radical (unpaired) electrons. The Bertz CT molecular complexity index is 733. The zero-order valence-electron chi connectivity index (χ0n) is 11.0. The zero-order chi connectivity index (χ0) is 14.7. The highest BCUT2D eigenvalue weighted by atomic mass is 16.5. The number of aromatic amines is 1. The van der Waals surface area contributed by atoms with Crippen molar-refractivity contribution in [3.63, 3.8) is 0 Å². The maximum absolute atomic E-state index is 12.0. The van der Waals surface area contributed by atoms with Gasteiger partial charge in [-0.2, -0.15) is 4.98 Å². The number of carbonyl (C=O) groups is 1. The second-order valence-corrected chi connectivity index (χ2v) is 4.04. The summed E-state index contributed by atoms with van der Waals surface area (Å²) in [5.74, 6) is 0.698. The van der Waals surface area contributed by atoms with E-state index >= 15 is 0 Å². The van der Waals surface area contributed by atoms with Crippen LogP contribution >= 0.6 is 0 Å². The van der Waals surface area contributed by atoms with Crippen LogP contribution in [-0.2, 0) is 0 Å². The van der Waals surface area contributed by atoms with Crippen LogP contribution in [0.2, 0.25) is 0 Å². The van der Waals surface area contributed by atoms with Gasteiger partial charge in [0.25, 0.3) is 11.9 Å². The van der Waals surface area contributed by atoms with Crippen LogP contribution < -0.4 is 10.1 Å². The molecule has 0 saturated heterocycles. The van der Waals surface area contributed by atoms with Crippen molar-refractivity contribution in [2.45, 2.75) is 0 Å². The number of ether oxygens (including phenoxy) is 1. The number of nitrogens with one attached hydrogen (secondary N) is 2. The third kappa shape index (κ3) is 2.71. The molecular formula is C12H11N7O2. The number of nitrogens with zero attached hydrogens (tertiary/aromatic N) is 5. The van der Waals surface area contributed by atoms with Crippen molar-refractivity contribution in [3.8, 4) is 11.7 Å². The van der Waals surface area contributed by atoms with Gasteiger partial charge in [0.05, 0.1) is 7.11 Å². The molecular weight excluding hydrogens is 274 g/mol. The van der Waals surface area contributed by atoms with Crippen LogP contribution in [0.4, 0.5) is 5.69 Å². The molecule has 0 bridgehead atoms. The van der Waals surface area contributed by atoms with E-state index in [-0.39, 0.29) is 5.82 Å². The molecule has 1 aromatic carbocycles. The Kier molecular flexibility index (Phi) is 3.29. The van der Waals surface area contributed by atoms with E-state index in [9.17, 15) is 4.79 Å². The molecule has 0 saturated carbocycles. The largest absolute Gasteiger partial charge is 0.497 e. The van der Waals surface area contributed by atoms with Gasteiger partial charge >= 0.3 is 0 Å². The third-order valence-electron chi connectivity index (χ3n) is 2.69. The van der Waals surface area contributed by atoms with E-state index in [1.54, 1.807) is 31.4 Å². The van der Waals surface area contributed by atoms with E-state index in [4.69, 9.17) is 4.74 Å². The van der Waals surface area contributed by atoms with Gasteiger partial charge in [-0.3, -0.25) is 14.5 Å². The lowest BCUT2D eigenvalue weighted by Gasteiger charge is -2.04. The Hall–Kier alpha value is -3.23. The highest BCUT2D eigenvalue weighted by Gasteiger charge is 2.13. The van der Waals surface area contributed by atoms with E-state index in [2.05, 4.69) is 30.7 Å². The molecule has 0 aliphatic heterocycles. The fourth-order valence-electron chi connectivity index (χ4n) is 1.64. The number of benzene rings is 1. The average molecular weight is 285 g/mol. The summed E-state index contributed by atoms with van der Waals surface area (Å²) >= 11 is 0. The van der Waals surface area contributed by atoms with Crippen LogP contribution in [0.1, 0.15) is 10.6 Å². The maximum Gasteiger partial charge on any atom is 0.293 e. The summed E-state index contributed by atoms with van der Waals surface area (Å²) in [4.78, 5) is 16.1. The summed E-state index contributed by atoms with van der Waals surface area (Å²) in [5, 5.41) is 16.5. The van der Waals surface area contributed by atoms with Crippen molar-refractivity contribution in [3.05, 3.63) is 42.7 Å². The summed E-state index contributed by atoms with van der Waals surface area (Å²) < 4.78 is 6.53. The molecule has 0 unspecified atom stereocenters. The molecule has 1 amide bonds. The predicted molar refractivity (Wildman–Crippen MR) is 72.2 cm³/mol. The Balaban J connectivity index is 1.73. The minimum atomic E-state index is -0.396. The van der Waals surface area contributed by atoms with Gasteiger partial charge in [-0.1, -0.05) is 0 Å². The molecule has 3 aromatic rings. The van der Waals surface area contributed by atoms with Crippen molar-refractivity contribution in [2.24, 2.45) is 0 Å². The van der Waals surface area contributed by atoms with Gasteiger partial charge in [-0.15, -0.1) is 15.3 Å². The Labute approximate surface area is 119 Å². The lowest BCUT2D eigenvalue weighted by molar-refractivity contribution is 0.101. The quantitative estimate of drug-likeness (QED) is 0.728. The molecule has 9 heteroatoms. The Morgan fingerprint density at radius 1 is 1.24 bits per heavy atom. The van der Waals surface area contributed by atoms with Gasteiger partial charge in [-0.05, 0) is 24.3 Å². The van der Waals surface area contributed by atoms with Crippen LogP contribution in [0.3, 0.4) is 0 Å². The van der Waals surface area contributed by atoms with Crippen LogP contribution in [0, 0.1) is 0 Å². The summed E-state index contributed by atoms with van der Waals surface area (Å²) in [5.41, 5.74) is 0.628. The lowest BCUT2D eigenvalue weighted by Crippen LogP contribution is -2.13. The number of H-pyrrole nitrogens is 1. The molecule has 2 N–H and O–H groups in total. The molecule has 3 rings (SSSR count). The molecule has 2 aromatic heterocycles. The highest BCUT2D eigenvalue weighted by Crippen LogP contribution is 2.15. The summed E-state index contributed by atoms with van der Waals surface area (Å²) in [6.45, 7) is 0. The Morgan fingerprint density at radius 3 is 2.62 bits per heavy atom. The maximum atomic E-state index is 12.0. The van der Waals surface area contributed by atoms with Crippen LogP contribution in [-0.4, -0.2) is 43.0 Å². The van der Waals surface area contributed by atoms with Gasteiger partial charge in [0, 0.05) is 5.69 Å². The predicted octanol–water partition coefficient (Wildman–Crippen LogP) is 0.646. The normalized spacial score (nSPS) is 10.3. The molecule has 0 atom stereocenters. The number of methoxy groups -OCH3 is 1. The van der Waals surface area contributed by atoms with Gasteiger partial charge < -0.3 is 10.1 Å². The van der Waals surface area contributed by atoms with E-state index in [1.807, 2.05) is 0 Å². The number of hydrogen-bond acceptors (Lipinski definition) is 6. The van der Waals surface area contributed by atoms with Gasteiger partial charge in [-0.25, -0.2) is 0 Å². The zero-order valence-corrected chi connectivity index (χ0v) is 11.0. The fourth-order valence-corrected chi connectivity index (χ4v) is 1.64. The second kappa shape index (κ2) is 5.41. The van der Waals surface area contributed by atoms with Crippen LogP contribution in [0.5, 0.6) is 5.75 Å². The molecule has 0 fully saturated rings. The summed E-state index contributed by atoms with van der Waals surface area (Å²) in [6, 6.07) is 6.96. The minimum Gasteiger partial charge on any atom is -0.497 e. The second-order valence-electron chi connectivity index (χ2n) is 4.04. The van der Waals surface area contributed by atoms with Crippen molar-refractivity contribution < 1.29 is 9.53 Å². The molecule has 2 heterocycles. The molecule has 0 spiro atoms. The van der Waals surface area contributed by atoms with Crippen LogP contribution in [0.15, 0.2) is 36.9 Å². The number of carbonyl (C=O) groups excluding carboxylic acids is 1. The van der Waals surface area contributed by atoms with Crippen molar-refractivity contribution in [2.75, 3.05) is 12.4 Å². The van der Waals surface area contributed by atoms with E-state index in [0.29, 0.717) is 17.4 Å². The molecule has 106 valence electrons. The molecule has 0 aliphatic rings. The van der Waals surface area contributed by atoms with E-state index in [1.165, 1.54) is 17.2 Å². The third-order valence-corrected chi connectivity index (χ3v) is 2.69. The monoisotopic (exact) mass is 285 g/mol. The standard InChI is InChI=1S/C12H11N7O2/c1-21-9-4-2-8(3-5-9)15-11(20)10-16-12(18-17-10)19-6-13-14-7-19/h2-7H,1H3,(H,15,20)(H,16,17,18). The number of anilines is 1. The topological polar surface area (TPSA) is 111 Å². The molecule has 0 aliphatic carbocycles. The minimum absolute atomic E-state index is 0.0921. The first-order chi connectivity index (χ1) is 10.3. The van der Waals surface area contributed by atoms with Gasteiger partial charge in [0.2, 0.25) is 5.82 Å². The van der Waals surface area contributed by atoms with Crippen LogP contribution in [0.25, 0.3) is 5.95 Å². The first kappa shape index (κ1) is 12.8. The number of aromatic nitrogens is 6. The smallest absolute Gasteiger partial charge is 0.293 e. The average Bonchev–Trinajstić information content (AvgIpc) is 3.19. The van der Waals surface area contributed by atoms with Crippen molar-refractivity contribution in [1.29, 1.82) is 0 Å². The van der Waals surface area contributed by atoms with E-state index in [0.717, 1.165) is 0 Å². The summed E-state index contributed by atoms with van der Waals surface area (Å²) in [7, 11) is 1.58. The van der Waals surface area contributed by atoms with E-state index < -0.39 is 5.91 Å². The molecule has 21 heavy (non-hydrogen) atoms. The van der Waals surface area contributed by atoms with Gasteiger partial charge in [0.1, 0.15) is 18.4 Å². The van der Waals surface area contributed by atoms with Gasteiger partial charge in [0.15, 0.2) is 0 Å². The Morgan fingerprint density at radius 2 is 1.95 bits per heavy atom. The first-order valence-corrected chi connectivity index (χ1v) is 5.99. The SMILES string of the molecule is COc1ccc(NC(=O)c2nc(-n3cnnc3)n[nH]2)cc1.